The highest BCUT2D eigenvalue weighted by atomic mass is 32.2. The normalized spacial score (nSPS) is 11.2. The maximum absolute atomic E-state index is 11.7. The zero-order chi connectivity index (χ0) is 14.6. The lowest BCUT2D eigenvalue weighted by Gasteiger charge is -2.07. The summed E-state index contributed by atoms with van der Waals surface area (Å²) >= 11 is 0. The molecule has 20 heavy (non-hydrogen) atoms. The molecule has 0 aliphatic rings. The van der Waals surface area contributed by atoms with E-state index in [1.807, 2.05) is 6.07 Å². The van der Waals surface area contributed by atoms with Gasteiger partial charge in [0.15, 0.2) is 0 Å². The van der Waals surface area contributed by atoms with E-state index in [4.69, 9.17) is 0 Å². The molecule has 0 spiro atoms. The highest BCUT2D eigenvalue weighted by molar-refractivity contribution is 7.90. The maximum atomic E-state index is 11.7. The van der Waals surface area contributed by atoms with Crippen molar-refractivity contribution in [1.29, 1.82) is 0 Å². The first-order valence-electron chi connectivity index (χ1n) is 6.02. The number of hydrogen-bond acceptors (Lipinski definition) is 4. The van der Waals surface area contributed by atoms with Gasteiger partial charge in [-0.05, 0) is 24.3 Å². The summed E-state index contributed by atoms with van der Waals surface area (Å²) in [6.07, 6.45) is 4.52. The Morgan fingerprint density at radius 3 is 2.80 bits per heavy atom. The molecule has 6 nitrogen and oxygen atoms in total. The molecule has 0 bridgehead atoms. The van der Waals surface area contributed by atoms with Crippen LogP contribution in [0.4, 0.5) is 5.69 Å². The maximum Gasteiger partial charge on any atom is 0.225 e. The summed E-state index contributed by atoms with van der Waals surface area (Å²) in [5.41, 5.74) is 1.42. The number of anilines is 1. The van der Waals surface area contributed by atoms with Crippen LogP contribution in [-0.2, 0) is 14.6 Å². The van der Waals surface area contributed by atoms with Crippen molar-refractivity contribution in [1.82, 2.24) is 9.78 Å². The second-order valence-corrected chi connectivity index (χ2v) is 6.69. The quantitative estimate of drug-likeness (QED) is 0.899. The Kier molecular flexibility index (Phi) is 4.19. The molecule has 0 fully saturated rings. The molecule has 1 heterocycles. The molecule has 0 aliphatic carbocycles. The standard InChI is InChI=1S/C13H15N3O3S/c1-20(18,19)9-6-13(17)15-11-4-2-5-12(10-11)16-8-3-7-14-16/h2-5,7-8,10H,6,9H2,1H3,(H,15,17). The minimum absolute atomic E-state index is 0.0508. The molecule has 1 aromatic carbocycles. The number of carbonyl (C=O) groups excluding carboxylic acids is 1. The first-order valence-corrected chi connectivity index (χ1v) is 8.08. The van der Waals surface area contributed by atoms with Gasteiger partial charge in [-0.1, -0.05) is 6.07 Å². The van der Waals surface area contributed by atoms with Gasteiger partial charge in [0.2, 0.25) is 5.91 Å². The van der Waals surface area contributed by atoms with E-state index in [2.05, 4.69) is 10.4 Å². The van der Waals surface area contributed by atoms with Crippen LogP contribution < -0.4 is 5.32 Å². The van der Waals surface area contributed by atoms with Crippen LogP contribution in [-0.4, -0.2) is 36.1 Å². The smallest absolute Gasteiger partial charge is 0.225 e. The van der Waals surface area contributed by atoms with Crippen LogP contribution in [0.25, 0.3) is 5.69 Å². The van der Waals surface area contributed by atoms with Crippen molar-refractivity contribution in [2.75, 3.05) is 17.3 Å². The lowest BCUT2D eigenvalue weighted by Crippen LogP contribution is -2.16. The van der Waals surface area contributed by atoms with E-state index in [1.165, 1.54) is 0 Å². The molecule has 106 valence electrons. The summed E-state index contributed by atoms with van der Waals surface area (Å²) < 4.78 is 23.7. The third kappa shape index (κ3) is 4.20. The third-order valence-corrected chi connectivity index (χ3v) is 3.54. The summed E-state index contributed by atoms with van der Waals surface area (Å²) in [5.74, 6) is -0.481. The SMILES string of the molecule is CS(=O)(=O)CCC(=O)Nc1cccc(-n2cccn2)c1. The Morgan fingerprint density at radius 2 is 2.15 bits per heavy atom. The highest BCUT2D eigenvalue weighted by Crippen LogP contribution is 2.14. The first kappa shape index (κ1) is 14.3. The summed E-state index contributed by atoms with van der Waals surface area (Å²) in [5, 5.41) is 6.77. The van der Waals surface area contributed by atoms with Crippen LogP contribution in [0.2, 0.25) is 0 Å². The monoisotopic (exact) mass is 293 g/mol. The fraction of sp³-hybridized carbons (Fsp3) is 0.231. The van der Waals surface area contributed by atoms with Gasteiger partial charge in [-0.3, -0.25) is 4.79 Å². The van der Waals surface area contributed by atoms with Crippen molar-refractivity contribution in [2.45, 2.75) is 6.42 Å². The summed E-state index contributed by atoms with van der Waals surface area (Å²) in [6.45, 7) is 0. The van der Waals surface area contributed by atoms with Crippen LogP contribution in [0.15, 0.2) is 42.7 Å². The number of sulfone groups is 1. The predicted octanol–water partition coefficient (Wildman–Crippen LogP) is 1.25. The number of nitrogens with one attached hydrogen (secondary N) is 1. The Labute approximate surface area is 117 Å². The number of nitrogens with zero attached hydrogens (tertiary/aromatic N) is 2. The minimum atomic E-state index is -3.13. The topological polar surface area (TPSA) is 81.1 Å². The Balaban J connectivity index is 2.03. The molecule has 7 heteroatoms. The predicted molar refractivity (Wildman–Crippen MR) is 76.5 cm³/mol. The minimum Gasteiger partial charge on any atom is -0.326 e. The van der Waals surface area contributed by atoms with E-state index >= 15 is 0 Å². The number of hydrogen-bond donors (Lipinski definition) is 1. The fourth-order valence-corrected chi connectivity index (χ4v) is 2.21. The van der Waals surface area contributed by atoms with E-state index in [1.54, 1.807) is 41.3 Å². The number of rotatable bonds is 5. The van der Waals surface area contributed by atoms with Crippen molar-refractivity contribution < 1.29 is 13.2 Å². The van der Waals surface area contributed by atoms with Gasteiger partial charge in [0.1, 0.15) is 9.84 Å². The summed E-state index contributed by atoms with van der Waals surface area (Å²) in [4.78, 5) is 11.7. The van der Waals surface area contributed by atoms with Gasteiger partial charge >= 0.3 is 0 Å². The molecule has 0 radical (unpaired) electrons. The summed E-state index contributed by atoms with van der Waals surface area (Å²) in [6, 6.07) is 8.97. The van der Waals surface area contributed by atoms with Crippen molar-refractivity contribution in [2.24, 2.45) is 0 Å². The number of carbonyl (C=O) groups is 1. The molecule has 2 aromatic rings. The zero-order valence-corrected chi connectivity index (χ0v) is 11.8. The van der Waals surface area contributed by atoms with E-state index in [0.29, 0.717) is 5.69 Å². The van der Waals surface area contributed by atoms with Gasteiger partial charge in [-0.2, -0.15) is 5.10 Å². The second kappa shape index (κ2) is 5.87. The molecule has 0 saturated heterocycles. The van der Waals surface area contributed by atoms with Crippen LogP contribution in [0, 0.1) is 0 Å². The zero-order valence-electron chi connectivity index (χ0n) is 11.0. The lowest BCUT2D eigenvalue weighted by atomic mass is 10.2. The van der Waals surface area contributed by atoms with Crippen molar-refractivity contribution in [3.63, 3.8) is 0 Å². The van der Waals surface area contributed by atoms with Crippen LogP contribution in [0.5, 0.6) is 0 Å². The van der Waals surface area contributed by atoms with Gasteiger partial charge in [0.25, 0.3) is 0 Å². The number of benzene rings is 1. The molecular weight excluding hydrogens is 278 g/mol. The molecule has 0 aliphatic heterocycles. The van der Waals surface area contributed by atoms with Crippen LogP contribution in [0.3, 0.4) is 0 Å². The van der Waals surface area contributed by atoms with Crippen molar-refractivity contribution >= 4 is 21.4 Å². The lowest BCUT2D eigenvalue weighted by molar-refractivity contribution is -0.115. The van der Waals surface area contributed by atoms with Crippen LogP contribution >= 0.6 is 0 Å². The third-order valence-electron chi connectivity index (χ3n) is 2.60. The van der Waals surface area contributed by atoms with E-state index in [0.717, 1.165) is 11.9 Å². The molecule has 1 aromatic heterocycles. The van der Waals surface area contributed by atoms with Crippen molar-refractivity contribution in [3.05, 3.63) is 42.7 Å². The van der Waals surface area contributed by atoms with Gasteiger partial charge in [0, 0.05) is 30.8 Å². The molecule has 0 atom stereocenters. The molecular formula is C13H15N3O3S. The van der Waals surface area contributed by atoms with E-state index < -0.39 is 9.84 Å². The highest BCUT2D eigenvalue weighted by Gasteiger charge is 2.08. The van der Waals surface area contributed by atoms with Gasteiger partial charge in [0.05, 0.1) is 11.4 Å². The molecule has 1 amide bonds. The fourth-order valence-electron chi connectivity index (χ4n) is 1.65. The molecule has 1 N–H and O–H groups in total. The van der Waals surface area contributed by atoms with Gasteiger partial charge in [-0.25, -0.2) is 13.1 Å². The molecule has 0 saturated carbocycles. The van der Waals surface area contributed by atoms with Crippen molar-refractivity contribution in [3.8, 4) is 5.69 Å². The first-order chi connectivity index (χ1) is 9.44. The largest absolute Gasteiger partial charge is 0.326 e. The summed E-state index contributed by atoms with van der Waals surface area (Å²) in [7, 11) is -3.13. The molecule has 2 rings (SSSR count). The number of aromatic nitrogens is 2. The van der Waals surface area contributed by atoms with E-state index in [-0.39, 0.29) is 18.1 Å². The average Bonchev–Trinajstić information content (AvgIpc) is 2.90. The molecule has 0 unspecified atom stereocenters. The van der Waals surface area contributed by atoms with Gasteiger partial charge in [-0.15, -0.1) is 0 Å². The Bertz CT molecular complexity index is 693. The second-order valence-electron chi connectivity index (χ2n) is 4.43. The Hall–Kier alpha value is -2.15. The van der Waals surface area contributed by atoms with E-state index in [9.17, 15) is 13.2 Å². The Morgan fingerprint density at radius 1 is 1.35 bits per heavy atom. The van der Waals surface area contributed by atoms with Gasteiger partial charge < -0.3 is 5.32 Å². The average molecular weight is 293 g/mol. The van der Waals surface area contributed by atoms with Crippen LogP contribution in [0.1, 0.15) is 6.42 Å². The number of amides is 1.